The van der Waals surface area contributed by atoms with Gasteiger partial charge in [0, 0.05) is 12.3 Å². The number of pyridine rings is 1. The van der Waals surface area contributed by atoms with Gasteiger partial charge in [0.05, 0.1) is 21.4 Å². The molecule has 8 heteroatoms. The van der Waals surface area contributed by atoms with Crippen LogP contribution in [0.5, 0.6) is 0 Å². The highest BCUT2D eigenvalue weighted by atomic mass is 35.5. The lowest BCUT2D eigenvalue weighted by Crippen LogP contribution is -2.16. The number of benzene rings is 1. The van der Waals surface area contributed by atoms with Crippen molar-refractivity contribution in [2.45, 2.75) is 6.92 Å². The molecule has 1 amide bonds. The smallest absolute Gasteiger partial charge is 0.274 e. The maximum Gasteiger partial charge on any atom is 0.274 e. The van der Waals surface area contributed by atoms with Gasteiger partial charge in [-0.25, -0.2) is 13.8 Å². The summed E-state index contributed by atoms with van der Waals surface area (Å²) in [7, 11) is 0. The molecule has 118 valence electrons. The van der Waals surface area contributed by atoms with Gasteiger partial charge in [-0.15, -0.1) is 0 Å². The lowest BCUT2D eigenvalue weighted by Gasteiger charge is -2.08. The number of aryl methyl sites for hydroxylation is 1. The maximum absolute atomic E-state index is 13.7. The minimum Gasteiger partial charge on any atom is -0.318 e. The molecule has 0 aliphatic heterocycles. The predicted octanol–water partition coefficient (Wildman–Crippen LogP) is 4.48. The molecule has 0 aliphatic rings. The molecule has 0 unspecified atom stereocenters. The molecule has 0 radical (unpaired) electrons. The number of amides is 1. The van der Waals surface area contributed by atoms with Crippen LogP contribution in [0.4, 0.5) is 14.5 Å². The number of carbonyl (C=O) groups excluding carboxylic acids is 1. The second kappa shape index (κ2) is 5.79. The van der Waals surface area contributed by atoms with E-state index >= 15 is 0 Å². The van der Waals surface area contributed by atoms with E-state index in [-0.39, 0.29) is 16.4 Å². The van der Waals surface area contributed by atoms with Gasteiger partial charge in [0.1, 0.15) is 17.3 Å². The molecule has 0 atom stereocenters. The van der Waals surface area contributed by atoms with Gasteiger partial charge in [0.15, 0.2) is 5.65 Å². The first kappa shape index (κ1) is 15.7. The van der Waals surface area contributed by atoms with Crippen molar-refractivity contribution in [3.63, 3.8) is 0 Å². The fraction of sp³-hybridized carbons (Fsp3) is 0.0667. The van der Waals surface area contributed by atoms with Crippen molar-refractivity contribution >= 4 is 40.4 Å². The summed E-state index contributed by atoms with van der Waals surface area (Å²) >= 11 is 12.0. The first-order valence-corrected chi connectivity index (χ1v) is 7.22. The monoisotopic (exact) mass is 355 g/mol. The molecular weight excluding hydrogens is 347 g/mol. The first-order chi connectivity index (χ1) is 10.9. The Morgan fingerprint density at radius 2 is 2.00 bits per heavy atom. The van der Waals surface area contributed by atoms with Crippen LogP contribution in [0.15, 0.2) is 30.5 Å². The highest BCUT2D eigenvalue weighted by Crippen LogP contribution is 2.25. The molecule has 2 aromatic heterocycles. The average Bonchev–Trinajstić information content (AvgIpc) is 2.79. The summed E-state index contributed by atoms with van der Waals surface area (Å²) in [5.74, 6) is -2.07. The van der Waals surface area contributed by atoms with Crippen molar-refractivity contribution in [3.05, 3.63) is 63.5 Å². The molecule has 0 fully saturated rings. The quantitative estimate of drug-likeness (QED) is 0.736. The third-order valence-corrected chi connectivity index (χ3v) is 3.69. The lowest BCUT2D eigenvalue weighted by molar-refractivity contribution is 0.102. The number of hydrogen-bond donors (Lipinski definition) is 1. The molecule has 0 aliphatic carbocycles. The topological polar surface area (TPSA) is 46.4 Å². The molecular formula is C15H9Cl2F2N3O. The molecule has 0 spiro atoms. The number of imidazole rings is 1. The molecule has 3 rings (SSSR count). The molecule has 1 N–H and O–H groups in total. The second-order valence-corrected chi connectivity index (χ2v) is 5.67. The van der Waals surface area contributed by atoms with E-state index in [4.69, 9.17) is 23.2 Å². The fourth-order valence-electron chi connectivity index (χ4n) is 2.23. The van der Waals surface area contributed by atoms with Gasteiger partial charge in [0.25, 0.3) is 5.91 Å². The molecule has 2 heterocycles. The number of fused-ring (bicyclic) bond motifs is 1. The van der Waals surface area contributed by atoms with Crippen molar-refractivity contribution in [2.75, 3.05) is 5.32 Å². The first-order valence-electron chi connectivity index (χ1n) is 6.47. The number of carbonyl (C=O) groups is 1. The number of aromatic nitrogens is 2. The molecule has 0 bridgehead atoms. The molecule has 3 aromatic rings. The predicted molar refractivity (Wildman–Crippen MR) is 84.3 cm³/mol. The Balaban J connectivity index is 2.08. The zero-order valence-electron chi connectivity index (χ0n) is 11.7. The van der Waals surface area contributed by atoms with E-state index in [1.165, 1.54) is 16.7 Å². The van der Waals surface area contributed by atoms with Gasteiger partial charge in [-0.1, -0.05) is 23.2 Å². The van der Waals surface area contributed by atoms with Gasteiger partial charge in [-0.05, 0) is 25.1 Å². The van der Waals surface area contributed by atoms with Gasteiger partial charge in [-0.2, -0.15) is 0 Å². The Morgan fingerprint density at radius 1 is 1.26 bits per heavy atom. The fourth-order valence-corrected chi connectivity index (χ4v) is 2.75. The van der Waals surface area contributed by atoms with E-state index in [0.29, 0.717) is 16.4 Å². The minimum absolute atomic E-state index is 0.132. The highest BCUT2D eigenvalue weighted by Gasteiger charge is 2.20. The lowest BCUT2D eigenvalue weighted by atomic mass is 10.2. The van der Waals surface area contributed by atoms with Crippen molar-refractivity contribution < 1.29 is 13.6 Å². The van der Waals surface area contributed by atoms with Crippen molar-refractivity contribution in [3.8, 4) is 0 Å². The molecule has 23 heavy (non-hydrogen) atoms. The van der Waals surface area contributed by atoms with E-state index in [1.54, 1.807) is 6.92 Å². The van der Waals surface area contributed by atoms with E-state index in [0.717, 1.165) is 18.2 Å². The van der Waals surface area contributed by atoms with Crippen LogP contribution in [0.2, 0.25) is 10.0 Å². The largest absolute Gasteiger partial charge is 0.318 e. The molecule has 0 saturated carbocycles. The van der Waals surface area contributed by atoms with E-state index in [9.17, 15) is 13.6 Å². The summed E-state index contributed by atoms with van der Waals surface area (Å²) in [6.07, 6.45) is 1.47. The molecule has 0 saturated heterocycles. The van der Waals surface area contributed by atoms with Crippen LogP contribution in [-0.4, -0.2) is 15.3 Å². The third-order valence-electron chi connectivity index (χ3n) is 3.21. The van der Waals surface area contributed by atoms with Crippen LogP contribution in [-0.2, 0) is 0 Å². The van der Waals surface area contributed by atoms with Gasteiger partial charge in [0.2, 0.25) is 0 Å². The molecule has 4 nitrogen and oxygen atoms in total. The third kappa shape index (κ3) is 2.87. The van der Waals surface area contributed by atoms with Gasteiger partial charge in [-0.3, -0.25) is 9.20 Å². The summed E-state index contributed by atoms with van der Waals surface area (Å²) in [6.45, 7) is 1.61. The highest BCUT2D eigenvalue weighted by molar-refractivity contribution is 6.36. The van der Waals surface area contributed by atoms with Crippen LogP contribution in [0.3, 0.4) is 0 Å². The Morgan fingerprint density at radius 3 is 2.74 bits per heavy atom. The Kier molecular flexibility index (Phi) is 3.95. The van der Waals surface area contributed by atoms with Crippen molar-refractivity contribution in [1.29, 1.82) is 0 Å². The standard InChI is InChI=1S/C15H9Cl2F2N3O/c1-7-13(22-6-8(16)4-10(17)14(22)20-7)15(23)21-12-5-9(18)2-3-11(12)19/h2-6H,1H3,(H,21,23). The van der Waals surface area contributed by atoms with Crippen molar-refractivity contribution in [2.24, 2.45) is 0 Å². The summed E-state index contributed by atoms with van der Waals surface area (Å²) < 4.78 is 28.3. The van der Waals surface area contributed by atoms with Crippen LogP contribution in [0.25, 0.3) is 5.65 Å². The summed E-state index contributed by atoms with van der Waals surface area (Å²) in [6, 6.07) is 4.29. The average molecular weight is 356 g/mol. The van der Waals surface area contributed by atoms with E-state index in [1.807, 2.05) is 0 Å². The Bertz CT molecular complexity index is 940. The zero-order valence-corrected chi connectivity index (χ0v) is 13.2. The zero-order chi connectivity index (χ0) is 16.7. The van der Waals surface area contributed by atoms with Gasteiger partial charge < -0.3 is 5.32 Å². The van der Waals surface area contributed by atoms with Crippen LogP contribution >= 0.6 is 23.2 Å². The van der Waals surface area contributed by atoms with Crippen LogP contribution in [0, 0.1) is 18.6 Å². The Hall–Kier alpha value is -2.18. The number of nitrogens with zero attached hydrogens (tertiary/aromatic N) is 2. The van der Waals surface area contributed by atoms with Crippen LogP contribution in [0.1, 0.15) is 16.2 Å². The number of anilines is 1. The van der Waals surface area contributed by atoms with E-state index < -0.39 is 17.5 Å². The van der Waals surface area contributed by atoms with Gasteiger partial charge >= 0.3 is 0 Å². The number of nitrogens with one attached hydrogen (secondary N) is 1. The van der Waals surface area contributed by atoms with E-state index in [2.05, 4.69) is 10.3 Å². The summed E-state index contributed by atoms with van der Waals surface area (Å²) in [4.78, 5) is 16.6. The summed E-state index contributed by atoms with van der Waals surface area (Å²) in [5, 5.41) is 2.91. The second-order valence-electron chi connectivity index (χ2n) is 4.82. The maximum atomic E-state index is 13.7. The van der Waals surface area contributed by atoms with Crippen LogP contribution < -0.4 is 5.32 Å². The normalized spacial score (nSPS) is 11.0. The number of halogens is 4. The van der Waals surface area contributed by atoms with Crippen molar-refractivity contribution in [1.82, 2.24) is 9.38 Å². The minimum atomic E-state index is -0.748. The summed E-state index contributed by atoms with van der Waals surface area (Å²) in [5.41, 5.74) is 0.590. The Labute approximate surface area is 139 Å². The number of rotatable bonds is 2. The molecule has 1 aromatic carbocycles. The SMILES string of the molecule is Cc1nc2c(Cl)cc(Cl)cn2c1C(=O)Nc1cc(F)ccc1F. The number of hydrogen-bond acceptors (Lipinski definition) is 2.